The second-order valence-corrected chi connectivity index (χ2v) is 7.26. The molecule has 0 saturated heterocycles. The molecule has 0 amide bonds. The Kier molecular flexibility index (Phi) is 4.47. The molecular weight excluding hydrogens is 280 g/mol. The lowest BCUT2D eigenvalue weighted by atomic mass is 9.66. The van der Waals surface area contributed by atoms with Gasteiger partial charge in [0.15, 0.2) is 0 Å². The van der Waals surface area contributed by atoms with Gasteiger partial charge in [0.2, 0.25) is 0 Å². The summed E-state index contributed by atoms with van der Waals surface area (Å²) in [7, 11) is 1.67. The number of rotatable bonds is 4. The first-order chi connectivity index (χ1) is 10.5. The predicted octanol–water partition coefficient (Wildman–Crippen LogP) is 2.06. The number of hydrogen-bond acceptors (Lipinski definition) is 4. The van der Waals surface area contributed by atoms with Crippen LogP contribution in [0.4, 0.5) is 0 Å². The van der Waals surface area contributed by atoms with Crippen LogP contribution in [0.3, 0.4) is 0 Å². The lowest BCUT2D eigenvalue weighted by molar-refractivity contribution is -0.164. The highest BCUT2D eigenvalue weighted by atomic mass is 16.5. The van der Waals surface area contributed by atoms with Crippen molar-refractivity contribution in [3.8, 4) is 0 Å². The van der Waals surface area contributed by atoms with E-state index in [0.717, 1.165) is 12.8 Å². The maximum atomic E-state index is 11.4. The van der Waals surface area contributed by atoms with Gasteiger partial charge in [-0.2, -0.15) is 0 Å². The smallest absolute Gasteiger partial charge is 0.102 e. The van der Waals surface area contributed by atoms with E-state index in [1.807, 2.05) is 6.08 Å². The number of aliphatic hydroxyl groups excluding tert-OH is 1. The first-order valence-corrected chi connectivity index (χ1v) is 8.40. The van der Waals surface area contributed by atoms with Crippen molar-refractivity contribution in [2.24, 2.45) is 17.3 Å². The van der Waals surface area contributed by atoms with Gasteiger partial charge in [0.05, 0.1) is 25.4 Å². The third-order valence-electron chi connectivity index (χ3n) is 5.87. The van der Waals surface area contributed by atoms with Crippen LogP contribution in [0, 0.1) is 17.3 Å². The molecule has 4 heteroatoms. The second-order valence-electron chi connectivity index (χ2n) is 7.26. The zero-order valence-electron chi connectivity index (χ0n) is 13.6. The fourth-order valence-corrected chi connectivity index (χ4v) is 4.91. The maximum Gasteiger partial charge on any atom is 0.102 e. The molecule has 0 aromatic carbocycles. The summed E-state index contributed by atoms with van der Waals surface area (Å²) in [6.45, 7) is 3.22. The van der Waals surface area contributed by atoms with Gasteiger partial charge in [-0.15, -0.1) is 0 Å². The van der Waals surface area contributed by atoms with Crippen molar-refractivity contribution < 1.29 is 19.7 Å². The Bertz CT molecular complexity index is 460. The standard InChI is InChI=1S/C18H28O4/c1-13-11-14-5-3-4-7-17(16(14)22-10-9-21-2)8-6-15(19)18(17,20)12-13/h3-5,7,13-16,19-20H,6,8-12H2,1-2H3/t13-,14+,15-,16?,17+,18-/m0/s1. The molecule has 22 heavy (non-hydrogen) atoms. The van der Waals surface area contributed by atoms with Crippen molar-refractivity contribution in [3.63, 3.8) is 0 Å². The normalized spacial score (nSPS) is 47.1. The van der Waals surface area contributed by atoms with E-state index >= 15 is 0 Å². The summed E-state index contributed by atoms with van der Waals surface area (Å²) < 4.78 is 11.3. The molecule has 3 aliphatic rings. The largest absolute Gasteiger partial charge is 0.390 e. The minimum absolute atomic E-state index is 0.107. The maximum absolute atomic E-state index is 11.4. The second kappa shape index (κ2) is 6.08. The topological polar surface area (TPSA) is 58.9 Å². The number of fused-ring (bicyclic) bond motifs is 1. The SMILES string of the molecule is COCCOC1[C@@H]2C=CC=C[C@@]13CC[C@H](O)[C@@]3(O)C[C@@H](C)C2. The lowest BCUT2D eigenvalue weighted by Gasteiger charge is -2.46. The summed E-state index contributed by atoms with van der Waals surface area (Å²) in [5, 5.41) is 22.0. The van der Waals surface area contributed by atoms with Crippen molar-refractivity contribution in [1.82, 2.24) is 0 Å². The Morgan fingerprint density at radius 3 is 2.86 bits per heavy atom. The average Bonchev–Trinajstić information content (AvgIpc) is 2.62. The van der Waals surface area contributed by atoms with Crippen molar-refractivity contribution in [2.45, 2.75) is 50.4 Å². The van der Waals surface area contributed by atoms with E-state index in [1.54, 1.807) is 7.11 Å². The molecule has 124 valence electrons. The zero-order chi connectivity index (χ0) is 15.8. The molecule has 0 aromatic rings. The predicted molar refractivity (Wildman–Crippen MR) is 84.4 cm³/mol. The molecule has 2 N–H and O–H groups in total. The Labute approximate surface area is 132 Å². The van der Waals surface area contributed by atoms with Crippen LogP contribution < -0.4 is 0 Å². The Balaban J connectivity index is 2.01. The molecule has 2 fully saturated rings. The molecule has 3 aliphatic carbocycles. The average molecular weight is 308 g/mol. The highest BCUT2D eigenvalue weighted by Crippen LogP contribution is 2.58. The molecule has 0 heterocycles. The molecule has 1 unspecified atom stereocenters. The molecule has 0 aliphatic heterocycles. The fraction of sp³-hybridized carbons (Fsp3) is 0.778. The molecule has 3 rings (SSSR count). The van der Waals surface area contributed by atoms with Gasteiger partial charge in [-0.05, 0) is 31.6 Å². The summed E-state index contributed by atoms with van der Waals surface area (Å²) in [5.74, 6) is 0.621. The highest BCUT2D eigenvalue weighted by Gasteiger charge is 2.64. The van der Waals surface area contributed by atoms with Crippen molar-refractivity contribution >= 4 is 0 Å². The van der Waals surface area contributed by atoms with Crippen LogP contribution >= 0.6 is 0 Å². The van der Waals surface area contributed by atoms with Gasteiger partial charge in [-0.3, -0.25) is 0 Å². The third kappa shape index (κ3) is 2.37. The van der Waals surface area contributed by atoms with Crippen LogP contribution in [-0.2, 0) is 9.47 Å². The highest BCUT2D eigenvalue weighted by molar-refractivity contribution is 5.28. The van der Waals surface area contributed by atoms with Crippen LogP contribution in [0.1, 0.15) is 32.6 Å². The first-order valence-electron chi connectivity index (χ1n) is 8.40. The number of aliphatic hydroxyl groups is 2. The van der Waals surface area contributed by atoms with Gasteiger partial charge in [0, 0.05) is 18.4 Å². The van der Waals surface area contributed by atoms with Gasteiger partial charge in [0.1, 0.15) is 5.60 Å². The van der Waals surface area contributed by atoms with E-state index in [4.69, 9.17) is 9.47 Å². The minimum atomic E-state index is -1.10. The van der Waals surface area contributed by atoms with Crippen LogP contribution in [0.15, 0.2) is 24.3 Å². The lowest BCUT2D eigenvalue weighted by Crippen LogP contribution is -2.56. The summed E-state index contributed by atoms with van der Waals surface area (Å²) in [5.41, 5.74) is -1.60. The fourth-order valence-electron chi connectivity index (χ4n) is 4.91. The van der Waals surface area contributed by atoms with Gasteiger partial charge in [-0.1, -0.05) is 31.2 Å². The Morgan fingerprint density at radius 1 is 1.27 bits per heavy atom. The number of allylic oxidation sites excluding steroid dienone is 2. The molecule has 1 spiro atoms. The van der Waals surface area contributed by atoms with Crippen molar-refractivity contribution in [2.75, 3.05) is 20.3 Å². The van der Waals surface area contributed by atoms with Crippen molar-refractivity contribution in [1.29, 1.82) is 0 Å². The van der Waals surface area contributed by atoms with Gasteiger partial charge in [-0.25, -0.2) is 0 Å². The van der Waals surface area contributed by atoms with E-state index in [1.165, 1.54) is 0 Å². The van der Waals surface area contributed by atoms with E-state index in [9.17, 15) is 10.2 Å². The summed E-state index contributed by atoms with van der Waals surface area (Å²) in [6, 6.07) is 0. The van der Waals surface area contributed by atoms with Crippen LogP contribution in [0.25, 0.3) is 0 Å². The molecule has 6 atom stereocenters. The summed E-state index contributed by atoms with van der Waals surface area (Å²) in [6.07, 6.45) is 10.6. The monoisotopic (exact) mass is 308 g/mol. The third-order valence-corrected chi connectivity index (χ3v) is 5.87. The minimum Gasteiger partial charge on any atom is -0.390 e. The number of hydrogen-bond donors (Lipinski definition) is 2. The quantitative estimate of drug-likeness (QED) is 0.781. The van der Waals surface area contributed by atoms with E-state index in [0.29, 0.717) is 32.0 Å². The zero-order valence-corrected chi connectivity index (χ0v) is 13.6. The summed E-state index contributed by atoms with van der Waals surface area (Å²) in [4.78, 5) is 0. The van der Waals surface area contributed by atoms with E-state index in [-0.39, 0.29) is 12.0 Å². The Hall–Kier alpha value is -0.680. The van der Waals surface area contributed by atoms with Crippen LogP contribution in [0.5, 0.6) is 0 Å². The van der Waals surface area contributed by atoms with E-state index < -0.39 is 17.1 Å². The van der Waals surface area contributed by atoms with Gasteiger partial charge < -0.3 is 19.7 Å². The van der Waals surface area contributed by atoms with Crippen LogP contribution in [0.2, 0.25) is 0 Å². The molecule has 4 nitrogen and oxygen atoms in total. The number of ether oxygens (including phenoxy) is 2. The summed E-state index contributed by atoms with van der Waals surface area (Å²) >= 11 is 0. The molecular formula is C18H28O4. The molecule has 2 bridgehead atoms. The molecule has 2 saturated carbocycles. The van der Waals surface area contributed by atoms with Crippen LogP contribution in [-0.4, -0.2) is 48.3 Å². The first kappa shape index (κ1) is 16.2. The van der Waals surface area contributed by atoms with E-state index in [2.05, 4.69) is 25.2 Å². The molecule has 0 radical (unpaired) electrons. The van der Waals surface area contributed by atoms with Gasteiger partial charge in [0.25, 0.3) is 0 Å². The van der Waals surface area contributed by atoms with Gasteiger partial charge >= 0.3 is 0 Å². The molecule has 0 aromatic heterocycles. The number of methoxy groups -OCH3 is 1. The Morgan fingerprint density at radius 2 is 2.09 bits per heavy atom. The van der Waals surface area contributed by atoms with Crippen molar-refractivity contribution in [3.05, 3.63) is 24.3 Å².